The summed E-state index contributed by atoms with van der Waals surface area (Å²) in [5.41, 5.74) is 14.3. The molecule has 0 atom stereocenters. The third kappa shape index (κ3) is 1.98. The average Bonchev–Trinajstić information content (AvgIpc) is 3.12. The Kier molecular flexibility index (Phi) is 3.04. The van der Waals surface area contributed by atoms with Gasteiger partial charge in [0.25, 0.3) is 0 Å². The van der Waals surface area contributed by atoms with Gasteiger partial charge in [-0.3, -0.25) is 0 Å². The van der Waals surface area contributed by atoms with Gasteiger partial charge in [0.1, 0.15) is 5.75 Å². The second kappa shape index (κ2) is 5.05. The highest BCUT2D eigenvalue weighted by Crippen LogP contribution is 2.45. The molecule has 0 amide bonds. The lowest BCUT2D eigenvalue weighted by Crippen LogP contribution is -2.01. The Hall–Kier alpha value is -2.06. The van der Waals surface area contributed by atoms with E-state index in [9.17, 15) is 0 Å². The van der Waals surface area contributed by atoms with E-state index in [0.717, 1.165) is 31.6 Å². The normalized spacial score (nSPS) is 15.9. The summed E-state index contributed by atoms with van der Waals surface area (Å²) in [6.45, 7) is 1.50. The summed E-state index contributed by atoms with van der Waals surface area (Å²) in [6.07, 6.45) is 2.98. The molecule has 0 saturated heterocycles. The number of hydrogen-bond acceptors (Lipinski definition) is 2. The number of fused-ring (bicyclic) bond motifs is 3. The van der Waals surface area contributed by atoms with Gasteiger partial charge in [-0.2, -0.15) is 0 Å². The third-order valence-electron chi connectivity index (χ3n) is 4.52. The highest BCUT2D eigenvalue weighted by Gasteiger charge is 2.28. The van der Waals surface area contributed by atoms with E-state index < -0.39 is 0 Å². The predicted octanol–water partition coefficient (Wildman–Crippen LogP) is 3.44. The maximum Gasteiger partial charge on any atom is 0.123 e. The SMILES string of the molecule is NCCC1=C(c2ccccc2)Cc2ccc3c(c21)CCO3. The smallest absolute Gasteiger partial charge is 0.123 e. The van der Waals surface area contributed by atoms with Crippen LogP contribution in [-0.2, 0) is 12.8 Å². The van der Waals surface area contributed by atoms with E-state index in [2.05, 4.69) is 42.5 Å². The van der Waals surface area contributed by atoms with Crippen molar-refractivity contribution in [3.63, 3.8) is 0 Å². The van der Waals surface area contributed by atoms with Gasteiger partial charge in [-0.15, -0.1) is 0 Å². The number of rotatable bonds is 3. The van der Waals surface area contributed by atoms with Crippen LogP contribution in [0.4, 0.5) is 0 Å². The predicted molar refractivity (Wildman–Crippen MR) is 86.3 cm³/mol. The Labute approximate surface area is 125 Å². The van der Waals surface area contributed by atoms with Crippen molar-refractivity contribution in [2.24, 2.45) is 5.73 Å². The Bertz CT molecular complexity index is 716. The topological polar surface area (TPSA) is 35.2 Å². The standard InChI is InChI=1S/C19H19NO/c20-10-8-15-17(13-4-2-1-3-5-13)12-14-6-7-18-16(19(14)15)9-11-21-18/h1-7H,8-12,20H2. The summed E-state index contributed by atoms with van der Waals surface area (Å²) in [4.78, 5) is 0. The lowest BCUT2D eigenvalue weighted by Gasteiger charge is -2.11. The number of ether oxygens (including phenoxy) is 1. The molecule has 2 heteroatoms. The first kappa shape index (κ1) is 12.7. The van der Waals surface area contributed by atoms with Crippen LogP contribution in [0.2, 0.25) is 0 Å². The van der Waals surface area contributed by atoms with Gasteiger partial charge < -0.3 is 10.5 Å². The van der Waals surface area contributed by atoms with E-state index in [1.54, 1.807) is 0 Å². The maximum absolute atomic E-state index is 5.89. The molecule has 0 aromatic heterocycles. The number of allylic oxidation sites excluding steroid dienone is 1. The van der Waals surface area contributed by atoms with Crippen LogP contribution in [0.15, 0.2) is 42.5 Å². The molecule has 21 heavy (non-hydrogen) atoms. The van der Waals surface area contributed by atoms with Gasteiger partial charge in [0.05, 0.1) is 6.61 Å². The van der Waals surface area contributed by atoms with Gasteiger partial charge >= 0.3 is 0 Å². The molecule has 4 rings (SSSR count). The van der Waals surface area contributed by atoms with Crippen molar-refractivity contribution >= 4 is 11.1 Å². The largest absolute Gasteiger partial charge is 0.493 e. The van der Waals surface area contributed by atoms with E-state index in [-0.39, 0.29) is 0 Å². The van der Waals surface area contributed by atoms with Crippen molar-refractivity contribution in [3.05, 3.63) is 64.7 Å². The van der Waals surface area contributed by atoms with Crippen molar-refractivity contribution in [2.45, 2.75) is 19.3 Å². The number of benzene rings is 2. The lowest BCUT2D eigenvalue weighted by atomic mass is 9.94. The maximum atomic E-state index is 5.89. The first-order valence-corrected chi connectivity index (χ1v) is 7.64. The zero-order valence-corrected chi connectivity index (χ0v) is 12.1. The van der Waals surface area contributed by atoms with Crippen LogP contribution in [0.5, 0.6) is 5.75 Å². The van der Waals surface area contributed by atoms with Gasteiger partial charge in [0, 0.05) is 12.0 Å². The van der Waals surface area contributed by atoms with Crippen molar-refractivity contribution in [1.29, 1.82) is 0 Å². The van der Waals surface area contributed by atoms with Gasteiger partial charge in [0.2, 0.25) is 0 Å². The molecule has 106 valence electrons. The van der Waals surface area contributed by atoms with Crippen LogP contribution < -0.4 is 10.5 Å². The summed E-state index contributed by atoms with van der Waals surface area (Å²) in [7, 11) is 0. The molecule has 2 N–H and O–H groups in total. The molecule has 0 fully saturated rings. The third-order valence-corrected chi connectivity index (χ3v) is 4.52. The van der Waals surface area contributed by atoms with Crippen LogP contribution in [0.25, 0.3) is 11.1 Å². The molecule has 2 aliphatic rings. The summed E-state index contributed by atoms with van der Waals surface area (Å²) in [5.74, 6) is 1.07. The molecule has 2 aromatic rings. The van der Waals surface area contributed by atoms with Crippen LogP contribution in [0.1, 0.15) is 28.7 Å². The van der Waals surface area contributed by atoms with E-state index in [0.29, 0.717) is 6.54 Å². The van der Waals surface area contributed by atoms with Crippen LogP contribution in [-0.4, -0.2) is 13.2 Å². The fraction of sp³-hybridized carbons (Fsp3) is 0.263. The summed E-state index contributed by atoms with van der Waals surface area (Å²) < 4.78 is 5.74. The molecule has 2 aromatic carbocycles. The average molecular weight is 277 g/mol. The molecule has 1 aliphatic heterocycles. The first-order valence-electron chi connectivity index (χ1n) is 7.64. The molecule has 0 radical (unpaired) electrons. The highest BCUT2D eigenvalue weighted by atomic mass is 16.5. The monoisotopic (exact) mass is 277 g/mol. The van der Waals surface area contributed by atoms with Gasteiger partial charge in [-0.25, -0.2) is 0 Å². The van der Waals surface area contributed by atoms with Crippen LogP contribution >= 0.6 is 0 Å². The quantitative estimate of drug-likeness (QED) is 0.932. The summed E-state index contributed by atoms with van der Waals surface area (Å²) in [6, 6.07) is 15.1. The van der Waals surface area contributed by atoms with E-state index in [1.807, 2.05) is 0 Å². The Balaban J connectivity index is 1.90. The van der Waals surface area contributed by atoms with Crippen molar-refractivity contribution in [1.82, 2.24) is 0 Å². The molecule has 2 nitrogen and oxygen atoms in total. The minimum absolute atomic E-state index is 0.690. The Morgan fingerprint density at radius 1 is 1.05 bits per heavy atom. The minimum Gasteiger partial charge on any atom is -0.493 e. The zero-order chi connectivity index (χ0) is 14.2. The number of hydrogen-bond donors (Lipinski definition) is 1. The van der Waals surface area contributed by atoms with Crippen LogP contribution in [0, 0.1) is 0 Å². The Morgan fingerprint density at radius 2 is 1.90 bits per heavy atom. The molecule has 1 heterocycles. The highest BCUT2D eigenvalue weighted by molar-refractivity contribution is 5.98. The molecule has 0 unspecified atom stereocenters. The summed E-state index contributed by atoms with van der Waals surface area (Å²) in [5, 5.41) is 0. The van der Waals surface area contributed by atoms with E-state index in [1.165, 1.54) is 33.4 Å². The molecular formula is C19H19NO. The van der Waals surface area contributed by atoms with Crippen LogP contribution in [0.3, 0.4) is 0 Å². The fourth-order valence-corrected chi connectivity index (χ4v) is 3.63. The van der Waals surface area contributed by atoms with Crippen molar-refractivity contribution in [3.8, 4) is 5.75 Å². The van der Waals surface area contributed by atoms with E-state index in [4.69, 9.17) is 10.5 Å². The number of nitrogens with two attached hydrogens (primary N) is 1. The zero-order valence-electron chi connectivity index (χ0n) is 12.1. The van der Waals surface area contributed by atoms with Gasteiger partial charge in [-0.05, 0) is 53.3 Å². The Morgan fingerprint density at radius 3 is 2.71 bits per heavy atom. The van der Waals surface area contributed by atoms with Gasteiger partial charge in [0.15, 0.2) is 0 Å². The van der Waals surface area contributed by atoms with Crippen molar-refractivity contribution < 1.29 is 4.74 Å². The van der Waals surface area contributed by atoms with Gasteiger partial charge in [-0.1, -0.05) is 36.4 Å². The fourth-order valence-electron chi connectivity index (χ4n) is 3.63. The molecular weight excluding hydrogens is 258 g/mol. The van der Waals surface area contributed by atoms with Crippen molar-refractivity contribution in [2.75, 3.05) is 13.2 Å². The second-order valence-electron chi connectivity index (χ2n) is 5.71. The molecule has 0 spiro atoms. The molecule has 0 bridgehead atoms. The lowest BCUT2D eigenvalue weighted by molar-refractivity contribution is 0.357. The van der Waals surface area contributed by atoms with E-state index >= 15 is 0 Å². The second-order valence-corrected chi connectivity index (χ2v) is 5.71. The minimum atomic E-state index is 0.690. The first-order chi connectivity index (χ1) is 10.4. The molecule has 0 saturated carbocycles. The molecule has 1 aliphatic carbocycles. The summed E-state index contributed by atoms with van der Waals surface area (Å²) >= 11 is 0.